The van der Waals surface area contributed by atoms with Crippen LogP contribution in [-0.2, 0) is 4.79 Å². The van der Waals surface area contributed by atoms with Crippen molar-refractivity contribution in [2.45, 2.75) is 26.8 Å². The summed E-state index contributed by atoms with van der Waals surface area (Å²) in [7, 11) is 1.31. The van der Waals surface area contributed by atoms with Crippen LogP contribution in [0.15, 0.2) is 18.2 Å². The van der Waals surface area contributed by atoms with Gasteiger partial charge in [-0.15, -0.1) is 0 Å². The lowest BCUT2D eigenvalue weighted by atomic mass is 9.86. The average molecular weight is 283 g/mol. The first-order valence-corrected chi connectivity index (χ1v) is 6.04. The standard InChI is InChI=1S/C14H18FNO4/c1-14(2,3)11(13(18)19)16-12(17)10-8(15)6-5-7-9(10)20-4/h5-7,11H,1-4H3,(H,16,17)(H,18,19). The highest BCUT2D eigenvalue weighted by atomic mass is 19.1. The number of ether oxygens (including phenoxy) is 1. The lowest BCUT2D eigenvalue weighted by Gasteiger charge is -2.28. The van der Waals surface area contributed by atoms with Gasteiger partial charge in [0.05, 0.1) is 7.11 Å². The number of carbonyl (C=O) groups is 2. The molecule has 0 fully saturated rings. The second kappa shape index (κ2) is 5.90. The summed E-state index contributed by atoms with van der Waals surface area (Å²) in [4.78, 5) is 23.3. The zero-order valence-electron chi connectivity index (χ0n) is 11.9. The van der Waals surface area contributed by atoms with Gasteiger partial charge >= 0.3 is 5.97 Å². The predicted molar refractivity (Wildman–Crippen MR) is 71.3 cm³/mol. The Morgan fingerprint density at radius 3 is 2.40 bits per heavy atom. The lowest BCUT2D eigenvalue weighted by Crippen LogP contribution is -2.49. The van der Waals surface area contributed by atoms with Crippen LogP contribution in [0, 0.1) is 11.2 Å². The van der Waals surface area contributed by atoms with Crippen molar-refractivity contribution in [3.05, 3.63) is 29.6 Å². The number of carboxylic acids is 1. The van der Waals surface area contributed by atoms with E-state index in [1.807, 2.05) is 0 Å². The first-order chi connectivity index (χ1) is 9.18. The SMILES string of the molecule is COc1cccc(F)c1C(=O)NC(C(=O)O)C(C)(C)C. The van der Waals surface area contributed by atoms with Crippen molar-refractivity contribution >= 4 is 11.9 Å². The van der Waals surface area contributed by atoms with E-state index in [1.165, 1.54) is 19.2 Å². The average Bonchev–Trinajstić information content (AvgIpc) is 2.33. The van der Waals surface area contributed by atoms with Gasteiger partial charge in [-0.2, -0.15) is 0 Å². The second-order valence-electron chi connectivity index (χ2n) is 5.43. The van der Waals surface area contributed by atoms with Crippen molar-refractivity contribution in [3.63, 3.8) is 0 Å². The Hall–Kier alpha value is -2.11. The molecule has 0 bridgehead atoms. The summed E-state index contributed by atoms with van der Waals surface area (Å²) in [6.45, 7) is 5.01. The van der Waals surface area contributed by atoms with E-state index in [-0.39, 0.29) is 11.3 Å². The van der Waals surface area contributed by atoms with E-state index in [4.69, 9.17) is 9.84 Å². The van der Waals surface area contributed by atoms with Gasteiger partial charge in [0.1, 0.15) is 23.2 Å². The molecule has 5 nitrogen and oxygen atoms in total. The van der Waals surface area contributed by atoms with Crippen LogP contribution in [0.5, 0.6) is 5.75 Å². The molecule has 6 heteroatoms. The number of methoxy groups -OCH3 is 1. The number of hydrogen-bond acceptors (Lipinski definition) is 3. The molecule has 0 heterocycles. The Balaban J connectivity index is 3.11. The first kappa shape index (κ1) is 15.9. The number of amides is 1. The van der Waals surface area contributed by atoms with Crippen molar-refractivity contribution < 1.29 is 23.8 Å². The third-order valence-corrected chi connectivity index (χ3v) is 2.81. The number of aliphatic carboxylic acids is 1. The molecule has 0 aliphatic rings. The monoisotopic (exact) mass is 283 g/mol. The van der Waals surface area contributed by atoms with E-state index in [0.717, 1.165) is 6.07 Å². The van der Waals surface area contributed by atoms with Gasteiger partial charge in [0.25, 0.3) is 5.91 Å². The Labute approximate surface area is 116 Å². The van der Waals surface area contributed by atoms with Crippen LogP contribution in [0.25, 0.3) is 0 Å². The molecule has 0 saturated heterocycles. The number of benzene rings is 1. The molecule has 0 aliphatic carbocycles. The summed E-state index contributed by atoms with van der Waals surface area (Å²) in [6.07, 6.45) is 0. The van der Waals surface area contributed by atoms with Crippen molar-refractivity contribution in [2.75, 3.05) is 7.11 Å². The summed E-state index contributed by atoms with van der Waals surface area (Å²) in [5, 5.41) is 11.5. The summed E-state index contributed by atoms with van der Waals surface area (Å²) in [5.41, 5.74) is -1.01. The molecule has 1 amide bonds. The number of halogens is 1. The lowest BCUT2D eigenvalue weighted by molar-refractivity contribution is -0.142. The van der Waals surface area contributed by atoms with Crippen LogP contribution in [-0.4, -0.2) is 30.1 Å². The number of nitrogens with one attached hydrogen (secondary N) is 1. The summed E-state index contributed by atoms with van der Waals surface area (Å²) >= 11 is 0. The molecule has 0 spiro atoms. The quantitative estimate of drug-likeness (QED) is 0.887. The smallest absolute Gasteiger partial charge is 0.326 e. The number of carbonyl (C=O) groups excluding carboxylic acids is 1. The van der Waals surface area contributed by atoms with Crippen LogP contribution < -0.4 is 10.1 Å². The molecule has 0 radical (unpaired) electrons. The molecule has 2 N–H and O–H groups in total. The largest absolute Gasteiger partial charge is 0.496 e. The minimum atomic E-state index is -1.18. The van der Waals surface area contributed by atoms with E-state index in [1.54, 1.807) is 20.8 Å². The molecule has 0 saturated carbocycles. The number of rotatable bonds is 4. The highest BCUT2D eigenvalue weighted by Crippen LogP contribution is 2.24. The first-order valence-electron chi connectivity index (χ1n) is 6.04. The van der Waals surface area contributed by atoms with E-state index in [0.29, 0.717) is 0 Å². The zero-order valence-corrected chi connectivity index (χ0v) is 11.9. The molecule has 1 aromatic carbocycles. The molecule has 0 aliphatic heterocycles. The van der Waals surface area contributed by atoms with E-state index in [9.17, 15) is 14.0 Å². The molecule has 110 valence electrons. The third kappa shape index (κ3) is 3.46. The van der Waals surface area contributed by atoms with Gasteiger partial charge in [-0.3, -0.25) is 4.79 Å². The van der Waals surface area contributed by atoms with Gasteiger partial charge in [-0.1, -0.05) is 26.8 Å². The van der Waals surface area contributed by atoms with Crippen LogP contribution in [0.3, 0.4) is 0 Å². The van der Waals surface area contributed by atoms with Crippen LogP contribution >= 0.6 is 0 Å². The van der Waals surface area contributed by atoms with Crippen molar-refractivity contribution in [3.8, 4) is 5.75 Å². The predicted octanol–water partition coefficient (Wildman–Crippen LogP) is 2.06. The maximum absolute atomic E-state index is 13.7. The Kier molecular flexibility index (Phi) is 4.70. The number of carboxylic acid groups (broad SMARTS) is 1. The highest BCUT2D eigenvalue weighted by molar-refractivity contribution is 5.99. The van der Waals surface area contributed by atoms with Gasteiger partial charge in [-0.25, -0.2) is 9.18 Å². The zero-order chi connectivity index (χ0) is 15.5. The van der Waals surface area contributed by atoms with Crippen molar-refractivity contribution in [1.29, 1.82) is 0 Å². The van der Waals surface area contributed by atoms with Crippen LogP contribution in [0.4, 0.5) is 4.39 Å². The Bertz CT molecular complexity index is 522. The normalized spacial score (nSPS) is 12.7. The van der Waals surface area contributed by atoms with Crippen LogP contribution in [0.2, 0.25) is 0 Å². The summed E-state index contributed by atoms with van der Waals surface area (Å²) < 4.78 is 18.7. The number of hydrogen-bond donors (Lipinski definition) is 2. The van der Waals surface area contributed by atoms with Crippen molar-refractivity contribution in [2.24, 2.45) is 5.41 Å². The van der Waals surface area contributed by atoms with E-state index >= 15 is 0 Å². The fraction of sp³-hybridized carbons (Fsp3) is 0.429. The topological polar surface area (TPSA) is 75.6 Å². The highest BCUT2D eigenvalue weighted by Gasteiger charge is 2.34. The third-order valence-electron chi connectivity index (χ3n) is 2.81. The molecule has 1 atom stereocenters. The molecule has 20 heavy (non-hydrogen) atoms. The molecular formula is C14H18FNO4. The van der Waals surface area contributed by atoms with Crippen LogP contribution in [0.1, 0.15) is 31.1 Å². The maximum Gasteiger partial charge on any atom is 0.326 e. The minimum Gasteiger partial charge on any atom is -0.496 e. The van der Waals surface area contributed by atoms with E-state index in [2.05, 4.69) is 5.32 Å². The van der Waals surface area contributed by atoms with Gasteiger partial charge in [0, 0.05) is 0 Å². The van der Waals surface area contributed by atoms with Crippen molar-refractivity contribution in [1.82, 2.24) is 5.32 Å². The molecule has 1 rings (SSSR count). The summed E-state index contributed by atoms with van der Waals surface area (Å²) in [6, 6.07) is 2.82. The molecular weight excluding hydrogens is 265 g/mol. The minimum absolute atomic E-state index is 0.0561. The summed E-state index contributed by atoms with van der Waals surface area (Å²) in [5.74, 6) is -2.70. The fourth-order valence-corrected chi connectivity index (χ4v) is 1.75. The van der Waals surface area contributed by atoms with Gasteiger partial charge < -0.3 is 15.2 Å². The van der Waals surface area contributed by atoms with E-state index < -0.39 is 29.2 Å². The second-order valence-corrected chi connectivity index (χ2v) is 5.43. The molecule has 1 unspecified atom stereocenters. The Morgan fingerprint density at radius 1 is 1.35 bits per heavy atom. The van der Waals surface area contributed by atoms with Gasteiger partial charge in [0.15, 0.2) is 0 Å². The molecule has 1 aromatic rings. The van der Waals surface area contributed by atoms with Gasteiger partial charge in [-0.05, 0) is 17.5 Å². The molecule has 0 aromatic heterocycles. The Morgan fingerprint density at radius 2 is 1.95 bits per heavy atom. The maximum atomic E-state index is 13.7. The fourth-order valence-electron chi connectivity index (χ4n) is 1.75. The van der Waals surface area contributed by atoms with Gasteiger partial charge in [0.2, 0.25) is 0 Å².